The number of aliphatic hydroxyl groups excluding tert-OH is 1. The van der Waals surface area contributed by atoms with Crippen molar-refractivity contribution in [3.05, 3.63) is 36.5 Å². The van der Waals surface area contributed by atoms with E-state index in [2.05, 4.69) is 26.6 Å². The predicted molar refractivity (Wildman–Crippen MR) is 92.6 cm³/mol. The van der Waals surface area contributed by atoms with Gasteiger partial charge in [-0.2, -0.15) is 0 Å². The lowest BCUT2D eigenvalue weighted by Crippen LogP contribution is -2.41. The maximum absolute atomic E-state index is 10.2. The first-order chi connectivity index (χ1) is 11.2. The normalized spacial score (nSPS) is 17.3. The van der Waals surface area contributed by atoms with E-state index in [0.29, 0.717) is 12.3 Å². The van der Waals surface area contributed by atoms with Crippen molar-refractivity contribution < 1.29 is 9.84 Å². The maximum atomic E-state index is 10.2. The van der Waals surface area contributed by atoms with Gasteiger partial charge >= 0.3 is 0 Å². The SMILES string of the molecule is Cn1c(-c2ccccc2)cnc1SCC(O)CN1CCOCC1. The molecule has 6 heteroatoms. The third-order valence-electron chi connectivity index (χ3n) is 3.99. The molecule has 0 saturated carbocycles. The molecule has 1 N–H and O–H groups in total. The largest absolute Gasteiger partial charge is 0.391 e. The highest BCUT2D eigenvalue weighted by molar-refractivity contribution is 7.99. The van der Waals surface area contributed by atoms with E-state index in [-0.39, 0.29) is 6.10 Å². The van der Waals surface area contributed by atoms with Gasteiger partial charge in [0.1, 0.15) is 0 Å². The van der Waals surface area contributed by atoms with E-state index in [1.165, 1.54) is 0 Å². The van der Waals surface area contributed by atoms with Crippen molar-refractivity contribution in [1.29, 1.82) is 0 Å². The fourth-order valence-corrected chi connectivity index (χ4v) is 3.58. The molecule has 0 radical (unpaired) electrons. The molecule has 1 fully saturated rings. The first-order valence-electron chi connectivity index (χ1n) is 7.92. The standard InChI is InChI=1S/C17H23N3O2S/c1-19-16(14-5-3-2-4-6-14)11-18-17(19)23-13-15(21)12-20-7-9-22-10-8-20/h2-6,11,15,21H,7-10,12-13H2,1H3. The average molecular weight is 333 g/mol. The summed E-state index contributed by atoms with van der Waals surface area (Å²) in [5.74, 6) is 0.649. The summed E-state index contributed by atoms with van der Waals surface area (Å²) in [6.07, 6.45) is 1.54. The van der Waals surface area contributed by atoms with Crippen molar-refractivity contribution in [3.63, 3.8) is 0 Å². The summed E-state index contributed by atoms with van der Waals surface area (Å²) in [5.41, 5.74) is 2.25. The molecular formula is C17H23N3O2S. The molecule has 0 amide bonds. The number of imidazole rings is 1. The van der Waals surface area contributed by atoms with Crippen molar-refractivity contribution in [2.75, 3.05) is 38.6 Å². The Hall–Kier alpha value is -1.34. The Balaban J connectivity index is 1.55. The van der Waals surface area contributed by atoms with Crippen molar-refractivity contribution >= 4 is 11.8 Å². The molecule has 5 nitrogen and oxygen atoms in total. The summed E-state index contributed by atoms with van der Waals surface area (Å²) in [7, 11) is 2.02. The zero-order valence-electron chi connectivity index (χ0n) is 13.4. The highest BCUT2D eigenvalue weighted by Gasteiger charge is 2.16. The molecule has 1 unspecified atom stereocenters. The highest BCUT2D eigenvalue weighted by atomic mass is 32.2. The molecule has 3 rings (SSSR count). The third kappa shape index (κ3) is 4.35. The monoisotopic (exact) mass is 333 g/mol. The van der Waals surface area contributed by atoms with Crippen LogP contribution in [0.3, 0.4) is 0 Å². The Labute approximate surface area is 141 Å². The number of ether oxygens (including phenoxy) is 1. The second-order valence-corrected chi connectivity index (χ2v) is 6.72. The van der Waals surface area contributed by atoms with Gasteiger partial charge in [-0.15, -0.1) is 0 Å². The number of aromatic nitrogens is 2. The van der Waals surface area contributed by atoms with Crippen LogP contribution in [0.1, 0.15) is 0 Å². The lowest BCUT2D eigenvalue weighted by Gasteiger charge is -2.28. The predicted octanol–water partition coefficient (Wildman–Crippen LogP) is 1.87. The molecule has 1 aliphatic rings. The number of benzene rings is 1. The molecule has 1 aromatic carbocycles. The van der Waals surface area contributed by atoms with Gasteiger partial charge in [-0.1, -0.05) is 42.1 Å². The Morgan fingerprint density at radius 2 is 2.00 bits per heavy atom. The number of thioether (sulfide) groups is 1. The van der Waals surface area contributed by atoms with Gasteiger partial charge in [0.15, 0.2) is 5.16 Å². The minimum atomic E-state index is -0.352. The summed E-state index contributed by atoms with van der Waals surface area (Å²) < 4.78 is 7.41. The van der Waals surface area contributed by atoms with E-state index >= 15 is 0 Å². The number of morpholine rings is 1. The molecule has 0 bridgehead atoms. The molecule has 1 saturated heterocycles. The molecule has 124 valence electrons. The molecule has 0 aliphatic carbocycles. The molecule has 2 aromatic rings. The maximum Gasteiger partial charge on any atom is 0.168 e. The van der Waals surface area contributed by atoms with Crippen LogP contribution >= 0.6 is 11.8 Å². The zero-order valence-corrected chi connectivity index (χ0v) is 14.2. The van der Waals surface area contributed by atoms with E-state index in [4.69, 9.17) is 4.74 Å². The average Bonchev–Trinajstić information content (AvgIpc) is 2.95. The minimum absolute atomic E-state index is 0.352. The van der Waals surface area contributed by atoms with Crippen LogP contribution in [-0.4, -0.2) is 64.3 Å². The molecule has 2 heterocycles. The Morgan fingerprint density at radius 1 is 1.26 bits per heavy atom. The van der Waals surface area contributed by atoms with E-state index < -0.39 is 0 Å². The first-order valence-corrected chi connectivity index (χ1v) is 8.90. The number of β-amino-alcohol motifs (C(OH)–C–C–N with tert-alkyl or cyclic N) is 1. The van der Waals surface area contributed by atoms with Crippen molar-refractivity contribution in [2.45, 2.75) is 11.3 Å². The van der Waals surface area contributed by atoms with Gasteiger partial charge in [-0.3, -0.25) is 4.90 Å². The minimum Gasteiger partial charge on any atom is -0.391 e. The molecular weight excluding hydrogens is 310 g/mol. The number of hydrogen-bond donors (Lipinski definition) is 1. The number of hydrogen-bond acceptors (Lipinski definition) is 5. The fourth-order valence-electron chi connectivity index (χ4n) is 2.71. The van der Waals surface area contributed by atoms with Crippen LogP contribution in [0.2, 0.25) is 0 Å². The summed E-state index contributed by atoms with van der Waals surface area (Å²) in [4.78, 5) is 6.74. The van der Waals surface area contributed by atoms with Crippen LogP contribution in [-0.2, 0) is 11.8 Å². The summed E-state index contributed by atoms with van der Waals surface area (Å²) in [6, 6.07) is 10.2. The number of nitrogens with zero attached hydrogens (tertiary/aromatic N) is 3. The van der Waals surface area contributed by atoms with Gasteiger partial charge in [0.2, 0.25) is 0 Å². The van der Waals surface area contributed by atoms with Crippen LogP contribution < -0.4 is 0 Å². The van der Waals surface area contributed by atoms with Crippen LogP contribution in [0.15, 0.2) is 41.7 Å². The van der Waals surface area contributed by atoms with E-state index in [9.17, 15) is 5.11 Å². The molecule has 1 aliphatic heterocycles. The lowest BCUT2D eigenvalue weighted by molar-refractivity contribution is 0.0188. The molecule has 0 spiro atoms. The highest BCUT2D eigenvalue weighted by Crippen LogP contribution is 2.25. The van der Waals surface area contributed by atoms with Gasteiger partial charge in [0.25, 0.3) is 0 Å². The summed E-state index contributed by atoms with van der Waals surface area (Å²) in [6.45, 7) is 4.04. The fraction of sp³-hybridized carbons (Fsp3) is 0.471. The first kappa shape index (κ1) is 16.5. The Morgan fingerprint density at radius 3 is 2.74 bits per heavy atom. The van der Waals surface area contributed by atoms with Crippen molar-refractivity contribution in [3.8, 4) is 11.3 Å². The van der Waals surface area contributed by atoms with Gasteiger partial charge in [-0.25, -0.2) is 4.98 Å². The zero-order chi connectivity index (χ0) is 16.1. The summed E-state index contributed by atoms with van der Waals surface area (Å²) in [5, 5.41) is 11.2. The quantitative estimate of drug-likeness (QED) is 0.818. The van der Waals surface area contributed by atoms with Gasteiger partial charge in [0, 0.05) is 32.4 Å². The summed E-state index contributed by atoms with van der Waals surface area (Å²) >= 11 is 1.60. The van der Waals surface area contributed by atoms with E-state index in [1.54, 1.807) is 11.8 Å². The molecule has 23 heavy (non-hydrogen) atoms. The third-order valence-corrected chi connectivity index (χ3v) is 5.18. The van der Waals surface area contributed by atoms with E-state index in [1.807, 2.05) is 31.4 Å². The second-order valence-electron chi connectivity index (χ2n) is 5.73. The van der Waals surface area contributed by atoms with Crippen LogP contribution in [0.5, 0.6) is 0 Å². The van der Waals surface area contributed by atoms with Crippen molar-refractivity contribution in [2.24, 2.45) is 7.05 Å². The Bertz CT molecular complexity index is 612. The van der Waals surface area contributed by atoms with Crippen LogP contribution in [0.25, 0.3) is 11.3 Å². The van der Waals surface area contributed by atoms with Gasteiger partial charge < -0.3 is 14.4 Å². The lowest BCUT2D eigenvalue weighted by atomic mass is 10.2. The second kappa shape index (κ2) is 7.97. The molecule has 1 atom stereocenters. The van der Waals surface area contributed by atoms with Crippen molar-refractivity contribution in [1.82, 2.24) is 14.5 Å². The number of rotatable bonds is 6. The van der Waals surface area contributed by atoms with Gasteiger partial charge in [-0.05, 0) is 5.56 Å². The number of aliphatic hydroxyl groups is 1. The van der Waals surface area contributed by atoms with Gasteiger partial charge in [0.05, 0.1) is 31.2 Å². The van der Waals surface area contributed by atoms with Crippen LogP contribution in [0, 0.1) is 0 Å². The Kier molecular flexibility index (Phi) is 5.72. The van der Waals surface area contributed by atoms with E-state index in [0.717, 1.165) is 42.7 Å². The topological polar surface area (TPSA) is 50.5 Å². The smallest absolute Gasteiger partial charge is 0.168 e. The van der Waals surface area contributed by atoms with Crippen LogP contribution in [0.4, 0.5) is 0 Å². The molecule has 1 aromatic heterocycles.